The first-order valence-corrected chi connectivity index (χ1v) is 5.80. The van der Waals surface area contributed by atoms with Crippen LogP contribution >= 0.6 is 11.8 Å². The second-order valence-corrected chi connectivity index (χ2v) is 4.51. The predicted molar refractivity (Wildman–Crippen MR) is 54.9 cm³/mol. The normalized spacial score (nSPS) is 27.5. The van der Waals surface area contributed by atoms with E-state index in [0.29, 0.717) is 6.42 Å². The van der Waals surface area contributed by atoms with Crippen LogP contribution in [0.3, 0.4) is 0 Å². The Morgan fingerprint density at radius 1 is 1.69 bits per heavy atom. The average Bonchev–Trinajstić information content (AvgIpc) is 2.53. The molecule has 0 N–H and O–H groups in total. The van der Waals surface area contributed by atoms with Crippen molar-refractivity contribution in [2.45, 2.75) is 32.2 Å². The van der Waals surface area contributed by atoms with Crippen LogP contribution in [0.2, 0.25) is 0 Å². The van der Waals surface area contributed by atoms with Gasteiger partial charge in [0.25, 0.3) is 0 Å². The Balaban J connectivity index is 2.12. The third-order valence-corrected chi connectivity index (χ3v) is 3.37. The fraction of sp³-hybridized carbons (Fsp3) is 0.778. The standard InChI is InChI=1S/C9H14N2OS/c1-2-3-7-6-8(12)11-4-5-13-9(11)10-7/h7H,2-6H2,1H3. The van der Waals surface area contributed by atoms with Gasteiger partial charge < -0.3 is 0 Å². The van der Waals surface area contributed by atoms with E-state index < -0.39 is 0 Å². The molecule has 0 bridgehead atoms. The van der Waals surface area contributed by atoms with E-state index in [1.54, 1.807) is 11.8 Å². The van der Waals surface area contributed by atoms with Gasteiger partial charge in [-0.25, -0.2) is 0 Å². The molecule has 0 aliphatic carbocycles. The van der Waals surface area contributed by atoms with Crippen molar-refractivity contribution in [2.24, 2.45) is 4.99 Å². The molecule has 0 aromatic carbocycles. The van der Waals surface area contributed by atoms with E-state index in [4.69, 9.17) is 0 Å². The van der Waals surface area contributed by atoms with Crippen molar-refractivity contribution in [3.63, 3.8) is 0 Å². The van der Waals surface area contributed by atoms with Crippen molar-refractivity contribution in [1.82, 2.24) is 4.90 Å². The molecule has 1 atom stereocenters. The van der Waals surface area contributed by atoms with Crippen LogP contribution < -0.4 is 0 Å². The summed E-state index contributed by atoms with van der Waals surface area (Å²) in [7, 11) is 0. The van der Waals surface area contributed by atoms with Gasteiger partial charge in [0, 0.05) is 18.7 Å². The van der Waals surface area contributed by atoms with Crippen molar-refractivity contribution in [1.29, 1.82) is 0 Å². The maximum Gasteiger partial charge on any atom is 0.230 e. The van der Waals surface area contributed by atoms with Crippen LogP contribution in [-0.2, 0) is 4.79 Å². The molecular weight excluding hydrogens is 184 g/mol. The third kappa shape index (κ3) is 1.73. The van der Waals surface area contributed by atoms with Gasteiger partial charge in [-0.3, -0.25) is 14.7 Å². The molecule has 0 aromatic rings. The molecule has 2 rings (SSSR count). The van der Waals surface area contributed by atoms with Gasteiger partial charge in [-0.1, -0.05) is 25.1 Å². The molecule has 1 fully saturated rings. The van der Waals surface area contributed by atoms with Gasteiger partial charge in [-0.15, -0.1) is 0 Å². The summed E-state index contributed by atoms with van der Waals surface area (Å²) in [6.45, 7) is 3.00. The maximum absolute atomic E-state index is 11.6. The largest absolute Gasteiger partial charge is 0.291 e. The first-order valence-electron chi connectivity index (χ1n) is 4.82. The minimum absolute atomic E-state index is 0.259. The quantitative estimate of drug-likeness (QED) is 0.673. The number of thioether (sulfide) groups is 1. The Hall–Kier alpha value is -0.510. The first-order chi connectivity index (χ1) is 6.31. The first kappa shape index (κ1) is 9.06. The van der Waals surface area contributed by atoms with Crippen LogP contribution in [0, 0.1) is 0 Å². The molecule has 1 saturated heterocycles. The predicted octanol–water partition coefficient (Wildman–Crippen LogP) is 1.49. The van der Waals surface area contributed by atoms with Crippen molar-refractivity contribution < 1.29 is 4.79 Å². The fourth-order valence-corrected chi connectivity index (χ4v) is 2.78. The molecule has 1 amide bonds. The number of rotatable bonds is 2. The molecule has 72 valence electrons. The Kier molecular flexibility index (Phi) is 2.58. The Morgan fingerprint density at radius 3 is 3.31 bits per heavy atom. The molecule has 2 aliphatic rings. The number of hydrogen-bond acceptors (Lipinski definition) is 3. The number of aliphatic imine (C=N–C) groups is 1. The monoisotopic (exact) mass is 198 g/mol. The van der Waals surface area contributed by atoms with E-state index in [-0.39, 0.29) is 11.9 Å². The van der Waals surface area contributed by atoms with Crippen molar-refractivity contribution >= 4 is 22.8 Å². The minimum atomic E-state index is 0.259. The topological polar surface area (TPSA) is 32.7 Å². The van der Waals surface area contributed by atoms with E-state index in [2.05, 4.69) is 11.9 Å². The molecule has 0 saturated carbocycles. The number of amidine groups is 1. The SMILES string of the molecule is CCCC1CC(=O)N2CCSC2=N1. The number of amides is 1. The summed E-state index contributed by atoms with van der Waals surface area (Å²) in [5, 5.41) is 0.967. The highest BCUT2D eigenvalue weighted by atomic mass is 32.2. The summed E-state index contributed by atoms with van der Waals surface area (Å²) in [5.74, 6) is 1.29. The Bertz CT molecular complexity index is 252. The average molecular weight is 198 g/mol. The minimum Gasteiger partial charge on any atom is -0.291 e. The number of carbonyl (C=O) groups is 1. The lowest BCUT2D eigenvalue weighted by molar-refractivity contribution is -0.127. The van der Waals surface area contributed by atoms with Gasteiger partial charge in [-0.2, -0.15) is 0 Å². The summed E-state index contributed by atoms with van der Waals surface area (Å²) < 4.78 is 0. The molecule has 3 nitrogen and oxygen atoms in total. The lowest BCUT2D eigenvalue weighted by atomic mass is 10.1. The zero-order valence-electron chi connectivity index (χ0n) is 7.82. The summed E-state index contributed by atoms with van der Waals surface area (Å²) in [5.41, 5.74) is 0. The molecule has 0 aromatic heterocycles. The Morgan fingerprint density at radius 2 is 2.54 bits per heavy atom. The molecule has 2 heterocycles. The van der Waals surface area contributed by atoms with E-state index in [1.807, 2.05) is 4.90 Å². The summed E-state index contributed by atoms with van der Waals surface area (Å²) >= 11 is 1.71. The van der Waals surface area contributed by atoms with Crippen LogP contribution in [0.25, 0.3) is 0 Å². The summed E-state index contributed by atoms with van der Waals surface area (Å²) in [4.78, 5) is 18.0. The number of nitrogens with zero attached hydrogens (tertiary/aromatic N) is 2. The van der Waals surface area contributed by atoms with Gasteiger partial charge in [0.1, 0.15) is 0 Å². The molecule has 2 aliphatic heterocycles. The van der Waals surface area contributed by atoms with E-state index >= 15 is 0 Å². The number of hydrogen-bond donors (Lipinski definition) is 0. The number of fused-ring (bicyclic) bond motifs is 1. The molecule has 13 heavy (non-hydrogen) atoms. The van der Waals surface area contributed by atoms with Crippen LogP contribution in [0.1, 0.15) is 26.2 Å². The van der Waals surface area contributed by atoms with Gasteiger partial charge in [0.15, 0.2) is 5.17 Å². The highest BCUT2D eigenvalue weighted by molar-refractivity contribution is 8.14. The lowest BCUT2D eigenvalue weighted by Crippen LogP contribution is -2.38. The van der Waals surface area contributed by atoms with Crippen LogP contribution in [0.4, 0.5) is 0 Å². The molecule has 0 radical (unpaired) electrons. The summed E-state index contributed by atoms with van der Waals surface area (Å²) in [6.07, 6.45) is 2.78. The molecule has 1 unspecified atom stereocenters. The third-order valence-electron chi connectivity index (χ3n) is 2.40. The van der Waals surface area contributed by atoms with Crippen LogP contribution in [0.15, 0.2) is 4.99 Å². The van der Waals surface area contributed by atoms with E-state index in [9.17, 15) is 4.79 Å². The highest BCUT2D eigenvalue weighted by Crippen LogP contribution is 2.26. The second-order valence-electron chi connectivity index (χ2n) is 3.45. The zero-order chi connectivity index (χ0) is 9.26. The van der Waals surface area contributed by atoms with Crippen molar-refractivity contribution in [3.8, 4) is 0 Å². The number of carbonyl (C=O) groups excluding carboxylic acids is 1. The van der Waals surface area contributed by atoms with Gasteiger partial charge in [0.2, 0.25) is 5.91 Å². The van der Waals surface area contributed by atoms with Gasteiger partial charge >= 0.3 is 0 Å². The van der Waals surface area contributed by atoms with Gasteiger partial charge in [0.05, 0.1) is 6.04 Å². The Labute approximate surface area is 82.6 Å². The lowest BCUT2D eigenvalue weighted by Gasteiger charge is -2.24. The van der Waals surface area contributed by atoms with Crippen molar-refractivity contribution in [3.05, 3.63) is 0 Å². The molecule has 0 spiro atoms. The van der Waals surface area contributed by atoms with Crippen LogP contribution in [0.5, 0.6) is 0 Å². The van der Waals surface area contributed by atoms with Crippen molar-refractivity contribution in [2.75, 3.05) is 12.3 Å². The summed E-state index contributed by atoms with van der Waals surface area (Å²) in [6, 6.07) is 0.259. The smallest absolute Gasteiger partial charge is 0.230 e. The van der Waals surface area contributed by atoms with Crippen LogP contribution in [-0.4, -0.2) is 34.3 Å². The molecule has 4 heteroatoms. The highest BCUT2D eigenvalue weighted by Gasteiger charge is 2.31. The zero-order valence-corrected chi connectivity index (χ0v) is 8.64. The van der Waals surface area contributed by atoms with Gasteiger partial charge in [-0.05, 0) is 6.42 Å². The maximum atomic E-state index is 11.6. The molecular formula is C9H14N2OS. The fourth-order valence-electron chi connectivity index (χ4n) is 1.75. The van der Waals surface area contributed by atoms with E-state index in [1.165, 1.54) is 0 Å². The second kappa shape index (κ2) is 3.70. The van der Waals surface area contributed by atoms with E-state index in [0.717, 1.165) is 30.3 Å².